The number of nitrogens with one attached hydrogen (secondary N) is 1. The maximum Gasteiger partial charge on any atom is 0.174 e. The molecule has 0 unspecified atom stereocenters. The predicted molar refractivity (Wildman–Crippen MR) is 162 cm³/mol. The van der Waals surface area contributed by atoms with Gasteiger partial charge in [-0.25, -0.2) is 0 Å². The van der Waals surface area contributed by atoms with E-state index in [9.17, 15) is 0 Å². The van der Waals surface area contributed by atoms with E-state index in [2.05, 4.69) is 39.7 Å². The number of halogens is 3. The molecule has 0 bridgehead atoms. The zero-order chi connectivity index (χ0) is 27.7. The fourth-order valence-electron chi connectivity index (χ4n) is 5.06. The van der Waals surface area contributed by atoms with Gasteiger partial charge < -0.3 is 24.3 Å². The molecule has 0 radical (unpaired) electrons. The number of hydrogen-bond acceptors (Lipinski definition) is 4. The number of methoxy groups -OCH3 is 1. The van der Waals surface area contributed by atoms with Gasteiger partial charge in [0.1, 0.15) is 12.4 Å². The van der Waals surface area contributed by atoms with Gasteiger partial charge in [-0.05, 0) is 86.2 Å². The smallest absolute Gasteiger partial charge is 0.174 e. The Morgan fingerprint density at radius 3 is 2.49 bits per heavy atom. The molecule has 1 N–H and O–H groups in total. The average molecular weight is 602 g/mol. The molecule has 6 nitrogen and oxygen atoms in total. The summed E-state index contributed by atoms with van der Waals surface area (Å²) >= 11 is 25.4. The number of thiocarbonyl (C=S) groups is 1. The largest absolute Gasteiger partial charge is 0.490 e. The van der Waals surface area contributed by atoms with Crippen LogP contribution < -0.4 is 15.0 Å². The van der Waals surface area contributed by atoms with E-state index in [0.717, 1.165) is 34.0 Å². The number of aromatic nitrogens is 2. The average Bonchev–Trinajstić information content (AvgIpc) is 3.41. The van der Waals surface area contributed by atoms with Gasteiger partial charge in [-0.15, -0.1) is 0 Å². The van der Waals surface area contributed by atoms with Crippen LogP contribution in [0.4, 0.5) is 5.69 Å². The molecule has 4 aromatic rings. The highest BCUT2D eigenvalue weighted by Gasteiger charge is 2.42. The standard InChI is InChI=1S/C29H27Cl3N4O2S/c1-17-14-21(18(2)35(17)25-9-7-19(30)15-22(25)31)28-27(24-6-4-5-11-33-24)34-29(39)36(28)20-8-10-26(23(32)16-20)38-13-12-37-3/h4-11,14-16,27-28H,12-13H2,1-3H3,(H,34,39)/t27-,28-/m0/s1. The Balaban J connectivity index is 1.62. The highest BCUT2D eigenvalue weighted by Crippen LogP contribution is 2.45. The highest BCUT2D eigenvalue weighted by atomic mass is 35.5. The van der Waals surface area contributed by atoms with Gasteiger partial charge in [0.15, 0.2) is 5.11 Å². The normalized spacial score (nSPS) is 17.0. The maximum atomic E-state index is 6.65. The molecule has 1 saturated heterocycles. The molecule has 202 valence electrons. The molecule has 5 rings (SSSR count). The van der Waals surface area contributed by atoms with Crippen LogP contribution in [0.15, 0.2) is 66.9 Å². The molecule has 0 spiro atoms. The number of ether oxygens (including phenoxy) is 2. The molecule has 2 atom stereocenters. The Morgan fingerprint density at radius 2 is 1.79 bits per heavy atom. The summed E-state index contributed by atoms with van der Waals surface area (Å²) in [5, 5.41) is 5.74. The van der Waals surface area contributed by atoms with Gasteiger partial charge in [0.05, 0.1) is 40.1 Å². The first-order valence-corrected chi connectivity index (χ1v) is 13.9. The molecule has 2 aromatic carbocycles. The van der Waals surface area contributed by atoms with Crippen LogP contribution in [-0.4, -0.2) is 35.0 Å². The monoisotopic (exact) mass is 600 g/mol. The highest BCUT2D eigenvalue weighted by molar-refractivity contribution is 7.80. The molecule has 0 aliphatic carbocycles. The van der Waals surface area contributed by atoms with Crippen LogP contribution in [0.25, 0.3) is 5.69 Å². The van der Waals surface area contributed by atoms with Crippen molar-refractivity contribution in [3.05, 3.63) is 105 Å². The Kier molecular flexibility index (Phi) is 8.35. The lowest BCUT2D eigenvalue weighted by Gasteiger charge is -2.28. The van der Waals surface area contributed by atoms with Crippen molar-refractivity contribution >= 4 is 57.8 Å². The first kappa shape index (κ1) is 27.7. The van der Waals surface area contributed by atoms with E-state index in [1.54, 1.807) is 19.4 Å². The van der Waals surface area contributed by atoms with E-state index in [-0.39, 0.29) is 12.1 Å². The summed E-state index contributed by atoms with van der Waals surface area (Å²) in [4.78, 5) is 6.76. The molecular formula is C29H27Cl3N4O2S. The number of aryl methyl sites for hydroxylation is 1. The predicted octanol–water partition coefficient (Wildman–Crippen LogP) is 7.65. The van der Waals surface area contributed by atoms with Gasteiger partial charge in [-0.2, -0.15) is 0 Å². The third-order valence-corrected chi connectivity index (χ3v) is 7.92. The molecular weight excluding hydrogens is 575 g/mol. The number of rotatable bonds is 8. The van der Waals surface area contributed by atoms with Crippen LogP contribution in [0, 0.1) is 13.8 Å². The van der Waals surface area contributed by atoms with Crippen LogP contribution in [0.1, 0.15) is 34.7 Å². The van der Waals surface area contributed by atoms with E-state index in [1.165, 1.54) is 0 Å². The Bertz CT molecular complexity index is 1510. The summed E-state index contributed by atoms with van der Waals surface area (Å²) in [6.45, 7) is 5.02. The maximum absolute atomic E-state index is 6.65. The van der Waals surface area contributed by atoms with E-state index in [4.69, 9.17) is 56.5 Å². The van der Waals surface area contributed by atoms with Gasteiger partial charge in [0.25, 0.3) is 0 Å². The molecule has 1 fully saturated rings. The van der Waals surface area contributed by atoms with Crippen molar-refractivity contribution in [1.29, 1.82) is 0 Å². The lowest BCUT2D eigenvalue weighted by molar-refractivity contribution is 0.146. The van der Waals surface area contributed by atoms with Gasteiger partial charge in [0.2, 0.25) is 0 Å². The molecule has 3 heterocycles. The lowest BCUT2D eigenvalue weighted by Crippen LogP contribution is -2.29. The third-order valence-electron chi connectivity index (χ3n) is 6.78. The van der Waals surface area contributed by atoms with Gasteiger partial charge in [-0.1, -0.05) is 40.9 Å². The summed E-state index contributed by atoms with van der Waals surface area (Å²) in [6.07, 6.45) is 1.79. The number of benzene rings is 2. The Hall–Kier alpha value is -2.81. The van der Waals surface area contributed by atoms with Crippen LogP contribution in [-0.2, 0) is 4.74 Å². The van der Waals surface area contributed by atoms with Crippen LogP contribution in [0.2, 0.25) is 15.1 Å². The lowest BCUT2D eigenvalue weighted by atomic mass is 9.96. The van der Waals surface area contributed by atoms with Gasteiger partial charge >= 0.3 is 0 Å². The van der Waals surface area contributed by atoms with E-state index in [1.807, 2.05) is 48.5 Å². The van der Waals surface area contributed by atoms with Gasteiger partial charge in [0, 0.05) is 35.4 Å². The van der Waals surface area contributed by atoms with Crippen LogP contribution in [0.3, 0.4) is 0 Å². The molecule has 0 saturated carbocycles. The van der Waals surface area contributed by atoms with Gasteiger partial charge in [-0.3, -0.25) is 4.98 Å². The molecule has 10 heteroatoms. The minimum Gasteiger partial charge on any atom is -0.490 e. The Morgan fingerprint density at radius 1 is 0.974 bits per heavy atom. The number of anilines is 1. The molecule has 2 aromatic heterocycles. The zero-order valence-electron chi connectivity index (χ0n) is 21.6. The van der Waals surface area contributed by atoms with Crippen LogP contribution >= 0.6 is 47.0 Å². The second-order valence-electron chi connectivity index (χ2n) is 9.21. The summed E-state index contributed by atoms with van der Waals surface area (Å²) in [6, 6.07) is 18.9. The SMILES string of the molecule is COCCOc1ccc(N2C(=S)N[C@@H](c3ccccn3)[C@@H]2c2cc(C)n(-c3ccc(Cl)cc3Cl)c2C)cc1Cl. The van der Waals surface area contributed by atoms with Crippen LogP contribution in [0.5, 0.6) is 5.75 Å². The number of hydrogen-bond donors (Lipinski definition) is 1. The first-order chi connectivity index (χ1) is 18.8. The van der Waals surface area contributed by atoms with Crippen molar-refractivity contribution in [2.24, 2.45) is 0 Å². The molecule has 39 heavy (non-hydrogen) atoms. The summed E-state index contributed by atoms with van der Waals surface area (Å²) in [7, 11) is 1.63. The Labute approximate surface area is 248 Å². The third kappa shape index (κ3) is 5.47. The zero-order valence-corrected chi connectivity index (χ0v) is 24.7. The van der Waals surface area contributed by atoms with Crippen molar-refractivity contribution in [3.63, 3.8) is 0 Å². The van der Waals surface area contributed by atoms with Crippen molar-refractivity contribution in [1.82, 2.24) is 14.9 Å². The minimum atomic E-state index is -0.213. The van der Waals surface area contributed by atoms with E-state index in [0.29, 0.717) is 39.1 Å². The fraction of sp³-hybridized carbons (Fsp3) is 0.241. The van der Waals surface area contributed by atoms with E-state index >= 15 is 0 Å². The summed E-state index contributed by atoms with van der Waals surface area (Å²) in [5.41, 5.74) is 5.73. The van der Waals surface area contributed by atoms with Crippen molar-refractivity contribution < 1.29 is 9.47 Å². The summed E-state index contributed by atoms with van der Waals surface area (Å²) < 4.78 is 13.0. The molecule has 1 aliphatic heterocycles. The second-order valence-corrected chi connectivity index (χ2v) is 10.8. The number of pyridine rings is 1. The number of nitrogens with zero attached hydrogens (tertiary/aromatic N) is 3. The topological polar surface area (TPSA) is 51.6 Å². The van der Waals surface area contributed by atoms with Crippen molar-refractivity contribution in [3.8, 4) is 11.4 Å². The van der Waals surface area contributed by atoms with Crippen molar-refractivity contribution in [2.45, 2.75) is 25.9 Å². The second kappa shape index (κ2) is 11.7. The van der Waals surface area contributed by atoms with Crippen molar-refractivity contribution in [2.75, 3.05) is 25.2 Å². The first-order valence-electron chi connectivity index (χ1n) is 12.4. The molecule has 1 aliphatic rings. The quantitative estimate of drug-likeness (QED) is 0.165. The van der Waals surface area contributed by atoms with E-state index < -0.39 is 0 Å². The summed E-state index contributed by atoms with van der Waals surface area (Å²) in [5.74, 6) is 0.587. The minimum absolute atomic E-state index is 0.204. The fourth-order valence-corrected chi connectivity index (χ4v) is 6.13. The molecule has 0 amide bonds.